The van der Waals surface area contributed by atoms with Gasteiger partial charge in [-0.05, 0) is 62.8 Å². The molecule has 2 N–H and O–H groups in total. The summed E-state index contributed by atoms with van der Waals surface area (Å²) in [5, 5.41) is 18.2. The van der Waals surface area contributed by atoms with Crippen LogP contribution in [0.15, 0.2) is 58.3 Å². The van der Waals surface area contributed by atoms with Crippen LogP contribution in [0.5, 0.6) is 0 Å². The summed E-state index contributed by atoms with van der Waals surface area (Å²) < 4.78 is 2.63. The predicted octanol–water partition coefficient (Wildman–Crippen LogP) is 11.5. The van der Waals surface area contributed by atoms with E-state index in [4.69, 9.17) is 10.2 Å². The van der Waals surface area contributed by atoms with E-state index >= 15 is 0 Å². The topological polar surface area (TPSA) is 74.6 Å². The highest BCUT2D eigenvalue weighted by Crippen LogP contribution is 2.40. The largest absolute Gasteiger partial charge is 0.478 e. The summed E-state index contributed by atoms with van der Waals surface area (Å²) in [5.74, 6) is -2.00. The second-order valence-corrected chi connectivity index (χ2v) is 15.7. The Morgan fingerprint density at radius 3 is 0.917 bits per heavy atom. The van der Waals surface area contributed by atoms with Crippen molar-refractivity contribution in [1.82, 2.24) is 0 Å². The first-order chi connectivity index (χ1) is 23.0. The highest BCUT2D eigenvalue weighted by molar-refractivity contribution is 8.76. The monoisotopic (exact) mass is 706 g/mol. The van der Waals surface area contributed by atoms with E-state index in [-0.39, 0.29) is 11.1 Å². The molecule has 0 spiro atoms. The van der Waals surface area contributed by atoms with Crippen molar-refractivity contribution in [2.75, 3.05) is 53.4 Å². The van der Waals surface area contributed by atoms with Crippen molar-refractivity contribution < 1.29 is 28.8 Å². The maximum atomic E-state index is 11.1. The Kier molecular flexibility index (Phi) is 26.6. The lowest BCUT2D eigenvalue weighted by Crippen LogP contribution is -2.46. The van der Waals surface area contributed by atoms with Crippen molar-refractivity contribution >= 4 is 33.5 Å². The molecule has 6 nitrogen and oxygen atoms in total. The highest BCUT2D eigenvalue weighted by atomic mass is 33.1. The maximum absolute atomic E-state index is 11.1. The van der Waals surface area contributed by atoms with Gasteiger partial charge in [0.1, 0.15) is 0 Å². The molecule has 0 aromatic heterocycles. The first-order valence-corrected chi connectivity index (χ1v) is 20.8. The molecular formula is C40H70N2O4S2+2. The fraction of sp³-hybridized carbons (Fsp3) is 0.650. The zero-order valence-corrected chi connectivity index (χ0v) is 33.4. The number of carbonyl (C=O) groups is 2. The number of quaternary nitrogens is 2. The number of hydrogen-bond acceptors (Lipinski definition) is 4. The molecule has 0 radical (unpaired) electrons. The Labute approximate surface area is 302 Å². The molecule has 0 amide bonds. The molecule has 0 aliphatic carbocycles. The second kappa shape index (κ2) is 27.8. The van der Waals surface area contributed by atoms with Crippen LogP contribution in [0, 0.1) is 0 Å². The van der Waals surface area contributed by atoms with Gasteiger partial charge in [-0.1, -0.05) is 126 Å². The molecule has 0 atom stereocenters. The normalized spacial score (nSPS) is 11.2. The van der Waals surface area contributed by atoms with Crippen LogP contribution in [0.2, 0.25) is 0 Å². The van der Waals surface area contributed by atoms with Gasteiger partial charge in [0.25, 0.3) is 0 Å². The lowest BCUT2D eigenvalue weighted by Gasteiger charge is -2.34. The number of aromatic carboxylic acids is 2. The van der Waals surface area contributed by atoms with Gasteiger partial charge in [-0.15, -0.1) is 0 Å². The van der Waals surface area contributed by atoms with E-state index < -0.39 is 11.9 Å². The molecular weight excluding hydrogens is 637 g/mol. The third-order valence-corrected chi connectivity index (χ3v) is 11.2. The van der Waals surface area contributed by atoms with Gasteiger partial charge in [-0.25, -0.2) is 9.59 Å². The van der Waals surface area contributed by atoms with Crippen molar-refractivity contribution in [3.63, 3.8) is 0 Å². The lowest BCUT2D eigenvalue weighted by molar-refractivity contribution is -0.910. The molecule has 2 rings (SSSR count). The van der Waals surface area contributed by atoms with Gasteiger partial charge in [0.15, 0.2) is 0 Å². The quantitative estimate of drug-likeness (QED) is 0.0885. The van der Waals surface area contributed by atoms with E-state index in [0.717, 1.165) is 0 Å². The zero-order valence-electron chi connectivity index (χ0n) is 31.8. The molecule has 48 heavy (non-hydrogen) atoms. The van der Waals surface area contributed by atoms with Gasteiger partial charge in [0.2, 0.25) is 0 Å². The third-order valence-electron chi connectivity index (χ3n) is 8.77. The van der Waals surface area contributed by atoms with Crippen molar-refractivity contribution in [3.05, 3.63) is 59.7 Å². The molecule has 0 bridgehead atoms. The minimum Gasteiger partial charge on any atom is -0.478 e. The molecule has 0 fully saturated rings. The number of benzene rings is 2. The molecule has 0 saturated carbocycles. The Bertz CT molecular complexity index is 997. The number of carboxylic acids is 2. The average molecular weight is 707 g/mol. The van der Waals surface area contributed by atoms with Crippen molar-refractivity contribution in [1.29, 1.82) is 0 Å². The molecule has 8 heteroatoms. The molecule has 0 heterocycles. The Morgan fingerprint density at radius 2 is 0.708 bits per heavy atom. The fourth-order valence-electron chi connectivity index (χ4n) is 5.43. The van der Waals surface area contributed by atoms with Crippen LogP contribution in [0.25, 0.3) is 0 Å². The van der Waals surface area contributed by atoms with Crippen LogP contribution in [0.3, 0.4) is 0 Å². The first-order valence-electron chi connectivity index (χ1n) is 18.6. The van der Waals surface area contributed by atoms with Gasteiger partial charge in [-0.3, -0.25) is 0 Å². The molecule has 2 aromatic carbocycles. The summed E-state index contributed by atoms with van der Waals surface area (Å²) in [5.41, 5.74) is 0.413. The van der Waals surface area contributed by atoms with Crippen LogP contribution >= 0.6 is 21.6 Å². The smallest absolute Gasteiger partial charge is 0.336 e. The van der Waals surface area contributed by atoms with E-state index in [9.17, 15) is 9.59 Å². The lowest BCUT2D eigenvalue weighted by atomic mass is 10.2. The highest BCUT2D eigenvalue weighted by Gasteiger charge is 2.20. The summed E-state index contributed by atoms with van der Waals surface area (Å²) >= 11 is 0. The van der Waals surface area contributed by atoms with E-state index in [1.165, 1.54) is 159 Å². The van der Waals surface area contributed by atoms with E-state index in [1.54, 1.807) is 36.4 Å². The minimum atomic E-state index is -1.000. The van der Waals surface area contributed by atoms with E-state index in [2.05, 4.69) is 55.6 Å². The Hall–Kier alpha value is -2.00. The average Bonchev–Trinajstić information content (AvgIpc) is 3.09. The number of nitrogens with zero attached hydrogens (tertiary/aromatic N) is 2. The predicted molar refractivity (Wildman–Crippen MR) is 210 cm³/mol. The van der Waals surface area contributed by atoms with Gasteiger partial charge in [0, 0.05) is 9.79 Å². The number of rotatable bonds is 23. The summed E-state index contributed by atoms with van der Waals surface area (Å²) in [6.07, 6.45) is 16.4. The number of unbranched alkanes of at least 4 members (excludes halogenated alkanes) is 6. The molecule has 2 aromatic rings. The van der Waals surface area contributed by atoms with Crippen molar-refractivity contribution in [3.8, 4) is 0 Å². The van der Waals surface area contributed by atoms with E-state index in [0.29, 0.717) is 9.79 Å². The third kappa shape index (κ3) is 20.5. The van der Waals surface area contributed by atoms with Gasteiger partial charge in [-0.2, -0.15) is 0 Å². The fourth-order valence-corrected chi connectivity index (χ4v) is 7.78. The molecule has 0 aliphatic rings. The second-order valence-electron chi connectivity index (χ2n) is 13.5. The molecule has 0 unspecified atom stereocenters. The van der Waals surface area contributed by atoms with Crippen LogP contribution in [0.1, 0.15) is 139 Å². The van der Waals surface area contributed by atoms with Crippen LogP contribution in [-0.2, 0) is 0 Å². The van der Waals surface area contributed by atoms with Gasteiger partial charge >= 0.3 is 11.9 Å². The standard InChI is InChI=1S/C14H10O4S2.2C13H30N/c15-13(16)9-5-1-3-7-11(9)19-20-12-8-4-2-6-10(12)14(17)18;2*1-5-8-11-14(4,12-9-6-2)13-10-7-3/h1-8H,(H,15,16)(H,17,18);2*5-13H2,1-4H3/q;2*+1. The maximum Gasteiger partial charge on any atom is 0.336 e. The summed E-state index contributed by atoms with van der Waals surface area (Å²) in [6, 6.07) is 13.3. The zero-order chi connectivity index (χ0) is 36.3. The van der Waals surface area contributed by atoms with Gasteiger partial charge in [0.05, 0.1) is 64.5 Å². The van der Waals surface area contributed by atoms with Crippen molar-refractivity contribution in [2.24, 2.45) is 0 Å². The summed E-state index contributed by atoms with van der Waals surface area (Å²) in [6.45, 7) is 22.1. The number of carboxylic acid groups (broad SMARTS) is 2. The minimum absolute atomic E-state index is 0.206. The van der Waals surface area contributed by atoms with Crippen LogP contribution < -0.4 is 0 Å². The summed E-state index contributed by atoms with van der Waals surface area (Å²) in [7, 11) is 7.36. The number of hydrogen-bond donors (Lipinski definition) is 2. The van der Waals surface area contributed by atoms with Crippen LogP contribution in [-0.4, -0.2) is 84.5 Å². The summed E-state index contributed by atoms with van der Waals surface area (Å²) in [4.78, 5) is 23.4. The molecule has 274 valence electrons. The van der Waals surface area contributed by atoms with Crippen LogP contribution in [0.4, 0.5) is 0 Å². The van der Waals surface area contributed by atoms with Crippen molar-refractivity contribution in [2.45, 2.75) is 128 Å². The Balaban J connectivity index is 0.000000712. The molecule has 0 aliphatic heterocycles. The first kappa shape index (κ1) is 46.0. The van der Waals surface area contributed by atoms with Gasteiger partial charge < -0.3 is 19.2 Å². The molecule has 0 saturated heterocycles. The van der Waals surface area contributed by atoms with E-state index in [1.807, 2.05) is 0 Å². The Morgan fingerprint density at radius 1 is 0.479 bits per heavy atom. The SMILES string of the molecule is CCCC[N+](C)(CCCC)CCCC.CCCC[N+](C)(CCCC)CCCC.O=C(O)c1ccccc1SSc1ccccc1C(=O)O.